The lowest BCUT2D eigenvalue weighted by molar-refractivity contribution is -0.131. The fraction of sp³-hybridized carbons (Fsp3) is 0.889. The van der Waals surface area contributed by atoms with Gasteiger partial charge in [-0.25, -0.2) is 0 Å². The van der Waals surface area contributed by atoms with E-state index < -0.39 is 0 Å². The van der Waals surface area contributed by atoms with Gasteiger partial charge in [-0.05, 0) is 12.8 Å². The predicted octanol–water partition coefficient (Wildman–Crippen LogP) is 1.90. The first-order chi connectivity index (χ1) is 5.11. The topological polar surface area (TPSA) is 20.3 Å². The van der Waals surface area contributed by atoms with Gasteiger partial charge in [0.1, 0.15) is 0 Å². The van der Waals surface area contributed by atoms with Gasteiger partial charge in [-0.2, -0.15) is 0 Å². The van der Waals surface area contributed by atoms with Gasteiger partial charge < -0.3 is 4.90 Å². The number of carbonyl (C=O) groups is 1. The van der Waals surface area contributed by atoms with E-state index in [1.165, 1.54) is 0 Å². The third-order valence-electron chi connectivity index (χ3n) is 1.62. The van der Waals surface area contributed by atoms with Crippen molar-refractivity contribution in [3.8, 4) is 0 Å². The summed E-state index contributed by atoms with van der Waals surface area (Å²) in [6, 6.07) is 0. The Morgan fingerprint density at radius 3 is 2.18 bits per heavy atom. The van der Waals surface area contributed by atoms with Crippen molar-refractivity contribution in [2.75, 3.05) is 13.1 Å². The molecular weight excluding hydrogens is 138 g/mol. The van der Waals surface area contributed by atoms with Crippen LogP contribution in [0.1, 0.15) is 34.1 Å². The van der Waals surface area contributed by atoms with Gasteiger partial charge in [0.05, 0.1) is 0 Å². The molecule has 0 saturated heterocycles. The Morgan fingerprint density at radius 2 is 1.91 bits per heavy atom. The monoisotopic (exact) mass is 157 g/mol. The lowest BCUT2D eigenvalue weighted by atomic mass is 10.2. The first-order valence-corrected chi connectivity index (χ1v) is 4.39. The van der Waals surface area contributed by atoms with Crippen molar-refractivity contribution >= 4 is 5.91 Å². The predicted molar refractivity (Wildman–Crippen MR) is 47.4 cm³/mol. The van der Waals surface area contributed by atoms with Crippen LogP contribution in [0.3, 0.4) is 0 Å². The molecule has 0 rings (SSSR count). The molecule has 66 valence electrons. The molecule has 0 unspecified atom stereocenters. The number of hydrogen-bond donors (Lipinski definition) is 0. The molecule has 0 fully saturated rings. The summed E-state index contributed by atoms with van der Waals surface area (Å²) in [5.74, 6) is 0.839. The third-order valence-corrected chi connectivity index (χ3v) is 1.62. The molecule has 0 aromatic carbocycles. The molecule has 0 atom stereocenters. The number of carbonyl (C=O) groups excluding carboxylic acids is 1. The molecule has 0 bridgehead atoms. The number of amides is 1. The molecule has 0 radical (unpaired) electrons. The van der Waals surface area contributed by atoms with E-state index in [4.69, 9.17) is 0 Å². The van der Waals surface area contributed by atoms with Crippen LogP contribution in [0.15, 0.2) is 0 Å². The molecule has 0 spiro atoms. The molecule has 0 saturated carbocycles. The molecule has 0 aromatic rings. The molecule has 0 aliphatic carbocycles. The minimum Gasteiger partial charge on any atom is -0.343 e. The molecule has 0 heterocycles. The van der Waals surface area contributed by atoms with Crippen LogP contribution in [0.5, 0.6) is 0 Å². The van der Waals surface area contributed by atoms with E-state index in [1.807, 2.05) is 18.7 Å². The average Bonchev–Trinajstić information content (AvgIpc) is 1.98. The maximum Gasteiger partial charge on any atom is 0.222 e. The van der Waals surface area contributed by atoms with Crippen LogP contribution in [0, 0.1) is 5.92 Å². The summed E-state index contributed by atoms with van der Waals surface area (Å²) < 4.78 is 0. The molecule has 0 aromatic heterocycles. The second-order valence-electron chi connectivity index (χ2n) is 3.18. The highest BCUT2D eigenvalue weighted by Gasteiger charge is 2.09. The minimum absolute atomic E-state index is 0.265. The zero-order valence-electron chi connectivity index (χ0n) is 8.05. The van der Waals surface area contributed by atoms with Gasteiger partial charge in [0, 0.05) is 19.5 Å². The van der Waals surface area contributed by atoms with Crippen LogP contribution in [0.2, 0.25) is 0 Å². The smallest absolute Gasteiger partial charge is 0.222 e. The first kappa shape index (κ1) is 10.5. The van der Waals surface area contributed by atoms with Crippen LogP contribution in [-0.2, 0) is 4.79 Å². The Hall–Kier alpha value is -0.530. The number of nitrogens with zero attached hydrogens (tertiary/aromatic N) is 1. The second-order valence-corrected chi connectivity index (χ2v) is 3.18. The quantitative estimate of drug-likeness (QED) is 0.610. The Labute approximate surface area is 69.6 Å². The molecular formula is C9H19NO. The van der Waals surface area contributed by atoms with Crippen molar-refractivity contribution in [2.24, 2.45) is 5.92 Å². The Balaban J connectivity index is 3.84. The molecule has 0 aliphatic heterocycles. The molecule has 0 N–H and O–H groups in total. The summed E-state index contributed by atoms with van der Waals surface area (Å²) in [6.45, 7) is 9.92. The van der Waals surface area contributed by atoms with Crippen LogP contribution >= 0.6 is 0 Å². The Morgan fingerprint density at radius 1 is 1.36 bits per heavy atom. The summed E-state index contributed by atoms with van der Waals surface area (Å²) in [5.41, 5.74) is 0. The van der Waals surface area contributed by atoms with E-state index in [-0.39, 0.29) is 5.91 Å². The molecule has 2 nitrogen and oxygen atoms in total. The molecule has 1 amide bonds. The third kappa shape index (κ3) is 4.02. The van der Waals surface area contributed by atoms with Crippen LogP contribution in [-0.4, -0.2) is 23.9 Å². The van der Waals surface area contributed by atoms with Gasteiger partial charge in [-0.3, -0.25) is 4.79 Å². The van der Waals surface area contributed by atoms with E-state index >= 15 is 0 Å². The van der Waals surface area contributed by atoms with Crippen molar-refractivity contribution in [3.05, 3.63) is 0 Å². The van der Waals surface area contributed by atoms with Crippen molar-refractivity contribution in [2.45, 2.75) is 34.1 Å². The van der Waals surface area contributed by atoms with Gasteiger partial charge in [-0.1, -0.05) is 20.8 Å². The van der Waals surface area contributed by atoms with E-state index in [9.17, 15) is 4.79 Å². The minimum atomic E-state index is 0.265. The summed E-state index contributed by atoms with van der Waals surface area (Å²) in [5, 5.41) is 0. The maximum atomic E-state index is 11.2. The lowest BCUT2D eigenvalue weighted by Gasteiger charge is -2.22. The highest BCUT2D eigenvalue weighted by molar-refractivity contribution is 5.75. The van der Waals surface area contributed by atoms with Crippen LogP contribution in [0.25, 0.3) is 0 Å². The molecule has 2 heteroatoms. The molecule has 0 aliphatic rings. The van der Waals surface area contributed by atoms with Gasteiger partial charge in [-0.15, -0.1) is 0 Å². The zero-order chi connectivity index (χ0) is 8.85. The number of rotatable bonds is 4. The van der Waals surface area contributed by atoms with Crippen LogP contribution in [0.4, 0.5) is 0 Å². The van der Waals surface area contributed by atoms with Crippen molar-refractivity contribution in [1.82, 2.24) is 4.90 Å². The summed E-state index contributed by atoms with van der Waals surface area (Å²) in [7, 11) is 0. The first-order valence-electron chi connectivity index (χ1n) is 4.39. The van der Waals surface area contributed by atoms with Gasteiger partial charge in [0.15, 0.2) is 0 Å². The van der Waals surface area contributed by atoms with Crippen molar-refractivity contribution in [3.63, 3.8) is 0 Å². The highest BCUT2D eigenvalue weighted by atomic mass is 16.2. The largest absolute Gasteiger partial charge is 0.343 e. The van der Waals surface area contributed by atoms with Crippen molar-refractivity contribution in [1.29, 1.82) is 0 Å². The average molecular weight is 157 g/mol. The summed E-state index contributed by atoms with van der Waals surface area (Å²) >= 11 is 0. The Bertz CT molecular complexity index is 121. The van der Waals surface area contributed by atoms with Crippen LogP contribution < -0.4 is 0 Å². The number of hydrogen-bond acceptors (Lipinski definition) is 1. The Kier molecular flexibility index (Phi) is 4.92. The lowest BCUT2D eigenvalue weighted by Crippen LogP contribution is -2.33. The van der Waals surface area contributed by atoms with Crippen molar-refractivity contribution < 1.29 is 4.79 Å². The molecule has 11 heavy (non-hydrogen) atoms. The highest BCUT2D eigenvalue weighted by Crippen LogP contribution is 2.00. The summed E-state index contributed by atoms with van der Waals surface area (Å²) in [4.78, 5) is 13.1. The van der Waals surface area contributed by atoms with Gasteiger partial charge in [0.25, 0.3) is 0 Å². The van der Waals surface area contributed by atoms with Gasteiger partial charge >= 0.3 is 0 Å². The van der Waals surface area contributed by atoms with E-state index in [0.29, 0.717) is 12.3 Å². The normalized spacial score (nSPS) is 10.3. The fourth-order valence-corrected chi connectivity index (χ4v) is 1.07. The standard InChI is InChI=1S/C9H19NO/c1-5-9(11)10(6-2)7-8(3)4/h8H,5-7H2,1-4H3. The van der Waals surface area contributed by atoms with E-state index in [1.54, 1.807) is 0 Å². The van der Waals surface area contributed by atoms with E-state index in [0.717, 1.165) is 13.1 Å². The maximum absolute atomic E-state index is 11.2. The van der Waals surface area contributed by atoms with Gasteiger partial charge in [0.2, 0.25) is 5.91 Å². The summed E-state index contributed by atoms with van der Waals surface area (Å²) in [6.07, 6.45) is 0.626. The zero-order valence-corrected chi connectivity index (χ0v) is 8.05. The second kappa shape index (κ2) is 5.16. The van der Waals surface area contributed by atoms with E-state index in [2.05, 4.69) is 13.8 Å². The fourth-order valence-electron chi connectivity index (χ4n) is 1.07. The SMILES string of the molecule is CCC(=O)N(CC)CC(C)C.